The molecular formula is C23H28N6O2. The minimum Gasteiger partial charge on any atom is -0.495 e. The second-order valence-corrected chi connectivity index (χ2v) is 7.89. The number of carbonyl (C=O) groups is 1. The van der Waals surface area contributed by atoms with E-state index in [9.17, 15) is 4.79 Å². The molecule has 1 aliphatic rings. The number of methoxy groups -OCH3 is 1. The number of benzene rings is 1. The summed E-state index contributed by atoms with van der Waals surface area (Å²) in [4.78, 5) is 24.6. The molecule has 8 heteroatoms. The van der Waals surface area contributed by atoms with Crippen molar-refractivity contribution < 1.29 is 9.53 Å². The predicted octanol–water partition coefficient (Wildman–Crippen LogP) is 3.51. The lowest BCUT2D eigenvalue weighted by Gasteiger charge is -2.34. The highest BCUT2D eigenvalue weighted by molar-refractivity contribution is 6.05. The lowest BCUT2D eigenvalue weighted by atomic mass is 10.0. The van der Waals surface area contributed by atoms with E-state index in [0.717, 1.165) is 38.2 Å². The second kappa shape index (κ2) is 9.26. The molecule has 1 aliphatic heterocycles. The fourth-order valence-corrected chi connectivity index (χ4v) is 4.07. The molecule has 1 N–H and O–H groups in total. The number of nitrogens with one attached hydrogen (secondary N) is 1. The summed E-state index contributed by atoms with van der Waals surface area (Å²) in [6.07, 6.45) is 8.90. The number of piperidine rings is 1. The predicted molar refractivity (Wildman–Crippen MR) is 118 cm³/mol. The van der Waals surface area contributed by atoms with Crippen LogP contribution in [0.15, 0.2) is 42.9 Å². The van der Waals surface area contributed by atoms with Gasteiger partial charge in [-0.2, -0.15) is 5.10 Å². The topological polar surface area (TPSA) is 85.2 Å². The van der Waals surface area contributed by atoms with Crippen molar-refractivity contribution in [1.82, 2.24) is 24.6 Å². The summed E-state index contributed by atoms with van der Waals surface area (Å²) in [5.74, 6) is 1.14. The van der Waals surface area contributed by atoms with Gasteiger partial charge in [0.25, 0.3) is 5.91 Å². The highest BCUT2D eigenvalue weighted by Crippen LogP contribution is 2.31. The van der Waals surface area contributed by atoms with Gasteiger partial charge in [-0.05, 0) is 38.4 Å². The molecule has 1 atom stereocenters. The highest BCUT2D eigenvalue weighted by atomic mass is 16.5. The average Bonchev–Trinajstić information content (AvgIpc) is 3.19. The van der Waals surface area contributed by atoms with Crippen molar-refractivity contribution in [1.29, 1.82) is 0 Å². The molecule has 31 heavy (non-hydrogen) atoms. The van der Waals surface area contributed by atoms with Gasteiger partial charge in [0, 0.05) is 31.5 Å². The zero-order valence-corrected chi connectivity index (χ0v) is 18.2. The number of anilines is 1. The van der Waals surface area contributed by atoms with Crippen LogP contribution in [-0.2, 0) is 13.6 Å². The third kappa shape index (κ3) is 4.74. The van der Waals surface area contributed by atoms with Crippen LogP contribution in [0.5, 0.6) is 5.75 Å². The minimum absolute atomic E-state index is 0.138. The Bertz CT molecular complexity index is 1060. The number of para-hydroxylation sites is 2. The molecule has 3 heterocycles. The largest absolute Gasteiger partial charge is 0.495 e. The quantitative estimate of drug-likeness (QED) is 0.657. The van der Waals surface area contributed by atoms with Crippen LogP contribution in [0, 0.1) is 6.92 Å². The van der Waals surface area contributed by atoms with E-state index in [-0.39, 0.29) is 11.9 Å². The molecule has 8 nitrogen and oxygen atoms in total. The Morgan fingerprint density at radius 1 is 1.26 bits per heavy atom. The molecule has 1 unspecified atom stereocenters. The Kier molecular flexibility index (Phi) is 6.27. The molecule has 162 valence electrons. The number of aromatic nitrogens is 4. The smallest absolute Gasteiger partial charge is 0.259 e. The first kappa shape index (κ1) is 21.0. The standard InChI is InChI=1S/C23H28N6O2/c1-16-18(23(30)27-19-8-4-5-10-21(19)31-3)13-24-22(26-16)20-9-6-7-11-29(20)15-17-12-25-28(2)14-17/h4-5,8,10,12-14,20H,6-7,9,11,15H2,1-3H3,(H,27,30). The second-order valence-electron chi connectivity index (χ2n) is 7.89. The summed E-state index contributed by atoms with van der Waals surface area (Å²) in [5.41, 5.74) is 2.93. The van der Waals surface area contributed by atoms with E-state index < -0.39 is 0 Å². The SMILES string of the molecule is COc1ccccc1NC(=O)c1cnc(C2CCCCN2Cc2cnn(C)c2)nc1C. The Morgan fingerprint density at radius 3 is 2.84 bits per heavy atom. The van der Waals surface area contributed by atoms with E-state index in [2.05, 4.69) is 20.3 Å². The number of ether oxygens (including phenoxy) is 1. The van der Waals surface area contributed by atoms with Crippen molar-refractivity contribution in [3.05, 3.63) is 65.5 Å². The fourth-order valence-electron chi connectivity index (χ4n) is 4.07. The minimum atomic E-state index is -0.246. The van der Waals surface area contributed by atoms with Crippen LogP contribution < -0.4 is 10.1 Å². The Labute approximate surface area is 182 Å². The number of amides is 1. The summed E-state index contributed by atoms with van der Waals surface area (Å²) in [5, 5.41) is 7.17. The van der Waals surface area contributed by atoms with E-state index in [1.165, 1.54) is 5.56 Å². The maximum atomic E-state index is 12.8. The van der Waals surface area contributed by atoms with Crippen LogP contribution in [0.4, 0.5) is 5.69 Å². The molecule has 0 radical (unpaired) electrons. The van der Waals surface area contributed by atoms with Crippen molar-refractivity contribution in [2.45, 2.75) is 38.8 Å². The third-order valence-electron chi connectivity index (χ3n) is 5.65. The lowest BCUT2D eigenvalue weighted by Crippen LogP contribution is -2.34. The number of carbonyl (C=O) groups excluding carboxylic acids is 1. The molecule has 1 aromatic carbocycles. The molecule has 1 saturated heterocycles. The molecule has 0 saturated carbocycles. The fraction of sp³-hybridized carbons (Fsp3) is 0.391. The van der Waals surface area contributed by atoms with Crippen LogP contribution in [0.1, 0.15) is 52.7 Å². The number of rotatable bonds is 6. The third-order valence-corrected chi connectivity index (χ3v) is 5.65. The van der Waals surface area contributed by atoms with E-state index in [4.69, 9.17) is 9.72 Å². The van der Waals surface area contributed by atoms with Gasteiger partial charge in [0.2, 0.25) is 0 Å². The highest BCUT2D eigenvalue weighted by Gasteiger charge is 2.27. The summed E-state index contributed by atoms with van der Waals surface area (Å²) in [6.45, 7) is 3.67. The molecule has 2 aromatic heterocycles. The van der Waals surface area contributed by atoms with Gasteiger partial charge in [-0.3, -0.25) is 14.4 Å². The number of hydrogen-bond donors (Lipinski definition) is 1. The Morgan fingerprint density at radius 2 is 2.10 bits per heavy atom. The Balaban J connectivity index is 1.52. The van der Waals surface area contributed by atoms with Gasteiger partial charge in [0.15, 0.2) is 0 Å². The zero-order chi connectivity index (χ0) is 21.8. The van der Waals surface area contributed by atoms with Gasteiger partial charge >= 0.3 is 0 Å². The normalized spacial score (nSPS) is 16.8. The van der Waals surface area contributed by atoms with E-state index in [0.29, 0.717) is 22.7 Å². The van der Waals surface area contributed by atoms with E-state index in [1.807, 2.05) is 49.2 Å². The van der Waals surface area contributed by atoms with E-state index >= 15 is 0 Å². The molecule has 0 bridgehead atoms. The van der Waals surface area contributed by atoms with Gasteiger partial charge < -0.3 is 10.1 Å². The lowest BCUT2D eigenvalue weighted by molar-refractivity contribution is 0.102. The molecule has 1 amide bonds. The van der Waals surface area contributed by atoms with Crippen molar-refractivity contribution >= 4 is 11.6 Å². The van der Waals surface area contributed by atoms with Crippen LogP contribution in [0.25, 0.3) is 0 Å². The van der Waals surface area contributed by atoms with Crippen molar-refractivity contribution in [3.8, 4) is 5.75 Å². The molecule has 0 aliphatic carbocycles. The number of aryl methyl sites for hydroxylation is 2. The van der Waals surface area contributed by atoms with Gasteiger partial charge in [0.05, 0.1) is 36.3 Å². The van der Waals surface area contributed by atoms with Crippen LogP contribution in [-0.4, -0.2) is 44.2 Å². The van der Waals surface area contributed by atoms with Gasteiger partial charge in [-0.15, -0.1) is 0 Å². The maximum Gasteiger partial charge on any atom is 0.259 e. The molecule has 4 rings (SSSR count). The molecule has 1 fully saturated rings. The monoisotopic (exact) mass is 420 g/mol. The first-order valence-corrected chi connectivity index (χ1v) is 10.5. The molecular weight excluding hydrogens is 392 g/mol. The summed E-state index contributed by atoms with van der Waals surface area (Å²) in [6, 6.07) is 7.46. The first-order chi connectivity index (χ1) is 15.0. The average molecular weight is 421 g/mol. The summed E-state index contributed by atoms with van der Waals surface area (Å²) >= 11 is 0. The van der Waals surface area contributed by atoms with Gasteiger partial charge in [0.1, 0.15) is 11.6 Å². The van der Waals surface area contributed by atoms with E-state index in [1.54, 1.807) is 19.4 Å². The first-order valence-electron chi connectivity index (χ1n) is 10.5. The summed E-state index contributed by atoms with van der Waals surface area (Å²) in [7, 11) is 3.51. The van der Waals surface area contributed by atoms with Gasteiger partial charge in [-0.1, -0.05) is 18.6 Å². The number of hydrogen-bond acceptors (Lipinski definition) is 6. The maximum absolute atomic E-state index is 12.8. The van der Waals surface area contributed by atoms with Crippen LogP contribution >= 0.6 is 0 Å². The van der Waals surface area contributed by atoms with Crippen LogP contribution in [0.2, 0.25) is 0 Å². The van der Waals surface area contributed by atoms with Crippen molar-refractivity contribution in [2.75, 3.05) is 19.0 Å². The van der Waals surface area contributed by atoms with Crippen molar-refractivity contribution in [2.24, 2.45) is 7.05 Å². The summed E-state index contributed by atoms with van der Waals surface area (Å²) < 4.78 is 7.14. The number of likely N-dealkylation sites (tertiary alicyclic amines) is 1. The van der Waals surface area contributed by atoms with Crippen LogP contribution in [0.3, 0.4) is 0 Å². The van der Waals surface area contributed by atoms with Gasteiger partial charge in [-0.25, -0.2) is 9.97 Å². The molecule has 3 aromatic rings. The van der Waals surface area contributed by atoms with Crippen molar-refractivity contribution in [3.63, 3.8) is 0 Å². The zero-order valence-electron chi connectivity index (χ0n) is 18.2. The number of nitrogens with zero attached hydrogens (tertiary/aromatic N) is 5. The molecule has 0 spiro atoms. The Hall–Kier alpha value is -3.26.